The second-order valence-corrected chi connectivity index (χ2v) is 5.82. The Morgan fingerprint density at radius 2 is 2.13 bits per heavy atom. The largest absolute Gasteiger partial charge is 0.369 e. The van der Waals surface area contributed by atoms with Gasteiger partial charge in [-0.05, 0) is 36.5 Å². The van der Waals surface area contributed by atoms with Crippen molar-refractivity contribution >= 4 is 5.91 Å². The molecule has 1 saturated carbocycles. The van der Waals surface area contributed by atoms with E-state index in [-0.39, 0.29) is 11.8 Å². The van der Waals surface area contributed by atoms with Crippen LogP contribution in [0.25, 0.3) is 0 Å². The van der Waals surface area contributed by atoms with Crippen molar-refractivity contribution < 1.29 is 4.79 Å². The molecule has 3 atom stereocenters. The molecule has 2 N–H and O–H groups in total. The van der Waals surface area contributed by atoms with Crippen molar-refractivity contribution in [3.63, 3.8) is 0 Å². The molecule has 0 radical (unpaired) electrons. The molecule has 1 rings (SSSR count). The maximum Gasteiger partial charge on any atom is 0.220 e. The van der Waals surface area contributed by atoms with Gasteiger partial charge in [0.05, 0.1) is 0 Å². The lowest BCUT2D eigenvalue weighted by Crippen LogP contribution is -2.41. The molecule has 1 aliphatic carbocycles. The van der Waals surface area contributed by atoms with E-state index in [0.717, 1.165) is 19.3 Å². The van der Waals surface area contributed by atoms with Crippen molar-refractivity contribution in [2.75, 3.05) is 0 Å². The van der Waals surface area contributed by atoms with E-state index in [1.807, 2.05) is 0 Å². The molecule has 0 aliphatic heterocycles. The maximum absolute atomic E-state index is 11.5. The molecule has 0 aromatic rings. The topological polar surface area (TPSA) is 43.1 Å². The molecule has 0 heterocycles. The average Bonchev–Trinajstić information content (AvgIpc) is 2.17. The first kappa shape index (κ1) is 12.5. The Labute approximate surface area is 93.6 Å². The lowest BCUT2D eigenvalue weighted by Gasteiger charge is -2.42. The third-order valence-electron chi connectivity index (χ3n) is 4.39. The molecule has 1 amide bonds. The predicted octanol–water partition coefficient (Wildman–Crippen LogP) is 2.96. The maximum atomic E-state index is 11.5. The smallest absolute Gasteiger partial charge is 0.220 e. The van der Waals surface area contributed by atoms with Crippen molar-refractivity contribution in [2.45, 2.75) is 53.4 Å². The van der Waals surface area contributed by atoms with Crippen molar-refractivity contribution in [2.24, 2.45) is 28.9 Å². The molecule has 88 valence electrons. The Balaban J connectivity index is 2.78. The van der Waals surface area contributed by atoms with Gasteiger partial charge >= 0.3 is 0 Å². The summed E-state index contributed by atoms with van der Waals surface area (Å²) in [5.74, 6) is 1.09. The molecule has 0 aromatic heterocycles. The lowest BCUT2D eigenvalue weighted by molar-refractivity contribution is -0.127. The molecule has 0 bridgehead atoms. The second-order valence-electron chi connectivity index (χ2n) is 5.82. The fraction of sp³-hybridized carbons (Fsp3) is 0.923. The minimum atomic E-state index is -0.0897. The first-order chi connectivity index (χ1) is 6.89. The van der Waals surface area contributed by atoms with Crippen LogP contribution < -0.4 is 5.73 Å². The van der Waals surface area contributed by atoms with Gasteiger partial charge < -0.3 is 5.73 Å². The van der Waals surface area contributed by atoms with Crippen LogP contribution in [0.5, 0.6) is 0 Å². The van der Waals surface area contributed by atoms with Crippen LogP contribution in [0.4, 0.5) is 0 Å². The highest BCUT2D eigenvalue weighted by molar-refractivity contribution is 5.77. The fourth-order valence-electron chi connectivity index (χ4n) is 2.93. The normalized spacial score (nSPS) is 36.9. The number of primary amides is 1. The summed E-state index contributed by atoms with van der Waals surface area (Å²) in [6, 6.07) is 0. The third kappa shape index (κ3) is 2.73. The summed E-state index contributed by atoms with van der Waals surface area (Å²) in [5.41, 5.74) is 5.87. The van der Waals surface area contributed by atoms with Crippen LogP contribution in [0.15, 0.2) is 0 Å². The quantitative estimate of drug-likeness (QED) is 0.766. The first-order valence-corrected chi connectivity index (χ1v) is 6.19. The molecule has 0 spiro atoms. The van der Waals surface area contributed by atoms with Crippen LogP contribution in [0.1, 0.15) is 53.4 Å². The van der Waals surface area contributed by atoms with Gasteiger partial charge in [-0.15, -0.1) is 0 Å². The minimum absolute atomic E-state index is 0.0897. The van der Waals surface area contributed by atoms with Crippen LogP contribution in [-0.2, 0) is 4.79 Å². The number of hydrogen-bond acceptors (Lipinski definition) is 1. The van der Waals surface area contributed by atoms with E-state index in [9.17, 15) is 4.79 Å². The van der Waals surface area contributed by atoms with E-state index < -0.39 is 0 Å². The molecule has 2 nitrogen and oxygen atoms in total. The Kier molecular flexibility index (Phi) is 3.80. The van der Waals surface area contributed by atoms with Crippen LogP contribution >= 0.6 is 0 Å². The van der Waals surface area contributed by atoms with Gasteiger partial charge in [0.2, 0.25) is 5.91 Å². The van der Waals surface area contributed by atoms with Crippen molar-refractivity contribution in [3.05, 3.63) is 0 Å². The van der Waals surface area contributed by atoms with Crippen LogP contribution in [0, 0.1) is 23.2 Å². The molecule has 0 aromatic carbocycles. The fourth-order valence-corrected chi connectivity index (χ4v) is 2.93. The van der Waals surface area contributed by atoms with E-state index >= 15 is 0 Å². The number of carbonyl (C=O) groups excluding carboxylic acids is 1. The summed E-state index contributed by atoms with van der Waals surface area (Å²) in [6.07, 6.45) is 4.55. The summed E-state index contributed by atoms with van der Waals surface area (Å²) < 4.78 is 0. The summed E-state index contributed by atoms with van der Waals surface area (Å²) in [6.45, 7) is 8.91. The van der Waals surface area contributed by atoms with Crippen molar-refractivity contribution in [1.82, 2.24) is 0 Å². The van der Waals surface area contributed by atoms with Gasteiger partial charge in [-0.25, -0.2) is 0 Å². The van der Waals surface area contributed by atoms with E-state index in [4.69, 9.17) is 5.73 Å². The van der Waals surface area contributed by atoms with E-state index in [0.29, 0.717) is 17.3 Å². The van der Waals surface area contributed by atoms with Crippen molar-refractivity contribution in [3.8, 4) is 0 Å². The van der Waals surface area contributed by atoms with Gasteiger partial charge in [-0.1, -0.05) is 34.1 Å². The molecule has 15 heavy (non-hydrogen) atoms. The summed E-state index contributed by atoms with van der Waals surface area (Å²) in [4.78, 5) is 11.5. The predicted molar refractivity (Wildman–Crippen MR) is 63.3 cm³/mol. The second kappa shape index (κ2) is 4.54. The van der Waals surface area contributed by atoms with Gasteiger partial charge in [0.15, 0.2) is 0 Å². The van der Waals surface area contributed by atoms with E-state index in [1.54, 1.807) is 0 Å². The van der Waals surface area contributed by atoms with Gasteiger partial charge in [-0.3, -0.25) is 4.79 Å². The van der Waals surface area contributed by atoms with Gasteiger partial charge in [0, 0.05) is 5.92 Å². The SMILES string of the molecule is CCC1(C)CCC(C(C)C)C(C(N)=O)C1. The van der Waals surface area contributed by atoms with Gasteiger partial charge in [0.1, 0.15) is 0 Å². The van der Waals surface area contributed by atoms with Crippen LogP contribution in [0.2, 0.25) is 0 Å². The zero-order valence-electron chi connectivity index (χ0n) is 10.5. The number of amides is 1. The molecule has 0 saturated heterocycles. The van der Waals surface area contributed by atoms with E-state index in [1.165, 1.54) is 6.42 Å². The highest BCUT2D eigenvalue weighted by atomic mass is 16.1. The van der Waals surface area contributed by atoms with Crippen molar-refractivity contribution in [1.29, 1.82) is 0 Å². The summed E-state index contributed by atoms with van der Waals surface area (Å²) in [5, 5.41) is 0. The third-order valence-corrected chi connectivity index (χ3v) is 4.39. The van der Waals surface area contributed by atoms with Gasteiger partial charge in [-0.2, -0.15) is 0 Å². The Hall–Kier alpha value is -0.530. The Bertz CT molecular complexity index is 237. The van der Waals surface area contributed by atoms with Crippen LogP contribution in [0.3, 0.4) is 0 Å². The summed E-state index contributed by atoms with van der Waals surface area (Å²) >= 11 is 0. The number of carbonyl (C=O) groups is 1. The molecule has 2 heteroatoms. The number of hydrogen-bond donors (Lipinski definition) is 1. The molecule has 3 unspecified atom stereocenters. The Morgan fingerprint density at radius 3 is 2.53 bits per heavy atom. The van der Waals surface area contributed by atoms with E-state index in [2.05, 4.69) is 27.7 Å². The highest BCUT2D eigenvalue weighted by Crippen LogP contribution is 2.46. The minimum Gasteiger partial charge on any atom is -0.369 e. The number of nitrogens with two attached hydrogens (primary N) is 1. The monoisotopic (exact) mass is 211 g/mol. The van der Waals surface area contributed by atoms with Gasteiger partial charge in [0.25, 0.3) is 0 Å². The van der Waals surface area contributed by atoms with Crippen LogP contribution in [-0.4, -0.2) is 5.91 Å². The summed E-state index contributed by atoms with van der Waals surface area (Å²) in [7, 11) is 0. The zero-order chi connectivity index (χ0) is 11.6. The molecular formula is C13H25NO. The first-order valence-electron chi connectivity index (χ1n) is 6.19. The number of rotatable bonds is 3. The molecule has 1 aliphatic rings. The lowest BCUT2D eigenvalue weighted by atomic mass is 9.62. The molecule has 1 fully saturated rings. The standard InChI is InChI=1S/C13H25NO/c1-5-13(4)7-6-10(9(2)3)11(8-13)12(14)15/h9-11H,5-8H2,1-4H3,(H2,14,15). The molecular weight excluding hydrogens is 186 g/mol. The highest BCUT2D eigenvalue weighted by Gasteiger charge is 2.40. The average molecular weight is 211 g/mol. The zero-order valence-corrected chi connectivity index (χ0v) is 10.5. The Morgan fingerprint density at radius 1 is 1.53 bits per heavy atom.